The Bertz CT molecular complexity index is 3790. The van der Waals surface area contributed by atoms with Gasteiger partial charge >= 0.3 is 37.7 Å². The van der Waals surface area contributed by atoms with Gasteiger partial charge in [0.1, 0.15) is 44.0 Å². The number of carbonyl (C=O) groups excluding carboxylic acids is 1. The summed E-state index contributed by atoms with van der Waals surface area (Å²) in [6.07, 6.45) is 0. The molecule has 18 nitrogen and oxygen atoms in total. The van der Waals surface area contributed by atoms with Crippen molar-refractivity contribution in [1.82, 2.24) is 0 Å². The van der Waals surface area contributed by atoms with Crippen molar-refractivity contribution in [2.75, 3.05) is 19.5 Å². The number of phenolic OH excluding ortho intramolecular Hbond substituents is 1. The molecule has 1 amide bonds. The van der Waals surface area contributed by atoms with E-state index in [0.717, 1.165) is 0 Å². The zero-order chi connectivity index (χ0) is 52.1. The summed E-state index contributed by atoms with van der Waals surface area (Å²) < 4.78 is 76.5. The SMILES string of the molecule is COc1ccccc1N=C([O-])c1cc2ccccc2c(N=Nc2ccc(C)c(S(=O)(=O)O)c2Cl)c1[O-].COc1ccccc1NC(=O)c1cc2ccccc2c(N=Nc2ccc(C)c(S(=O)(=O)O)c2Cl)c1O.[Ca+2]. The van der Waals surface area contributed by atoms with Crippen molar-refractivity contribution in [1.29, 1.82) is 0 Å². The molecular weight excluding hydrogens is 1050 g/mol. The third-order valence-electron chi connectivity index (χ3n) is 10.7. The minimum Gasteiger partial charge on any atom is -0.871 e. The number of nitrogens with one attached hydrogen (secondary N) is 1. The summed E-state index contributed by atoms with van der Waals surface area (Å²) in [5.41, 5.74) is 0.474. The number of benzene rings is 8. The number of aromatic hydroxyl groups is 1. The van der Waals surface area contributed by atoms with Crippen molar-refractivity contribution in [2.45, 2.75) is 23.6 Å². The van der Waals surface area contributed by atoms with Crippen LogP contribution in [0.4, 0.5) is 34.1 Å². The number of para-hydroxylation sites is 4. The average Bonchev–Trinajstić information content (AvgIpc) is 3.33. The Morgan fingerprint density at radius 1 is 0.603 bits per heavy atom. The smallest absolute Gasteiger partial charge is 0.871 e. The molecule has 4 N–H and O–H groups in total. The van der Waals surface area contributed by atoms with E-state index >= 15 is 0 Å². The maximum Gasteiger partial charge on any atom is 2.00 e. The van der Waals surface area contributed by atoms with Gasteiger partial charge in [0, 0.05) is 10.8 Å². The number of halogens is 2. The van der Waals surface area contributed by atoms with Gasteiger partial charge in [-0.1, -0.05) is 114 Å². The maximum absolute atomic E-state index is 13.3. The Balaban J connectivity index is 0.000000235. The molecule has 368 valence electrons. The summed E-state index contributed by atoms with van der Waals surface area (Å²) in [4.78, 5) is 16.1. The Labute approximate surface area is 457 Å². The van der Waals surface area contributed by atoms with E-state index in [1.165, 1.54) is 64.5 Å². The molecule has 8 aromatic rings. The van der Waals surface area contributed by atoms with Crippen LogP contribution in [0.3, 0.4) is 0 Å². The van der Waals surface area contributed by atoms with Crippen molar-refractivity contribution in [2.24, 2.45) is 25.4 Å². The number of azo groups is 2. The summed E-state index contributed by atoms with van der Waals surface area (Å²) in [5, 5.41) is 57.6. The van der Waals surface area contributed by atoms with E-state index in [4.69, 9.17) is 32.7 Å². The molecule has 23 heteroatoms. The van der Waals surface area contributed by atoms with Gasteiger partial charge in [-0.3, -0.25) is 18.9 Å². The van der Waals surface area contributed by atoms with Crippen LogP contribution in [0.5, 0.6) is 23.0 Å². The number of carbonyl (C=O) groups is 1. The van der Waals surface area contributed by atoms with Crippen LogP contribution in [0.25, 0.3) is 21.5 Å². The molecule has 8 aromatic carbocycles. The number of methoxy groups -OCH3 is 2. The molecule has 0 aliphatic rings. The zero-order valence-electron chi connectivity index (χ0n) is 38.7. The minimum atomic E-state index is -4.63. The van der Waals surface area contributed by atoms with Gasteiger partial charge in [-0.2, -0.15) is 21.9 Å². The molecule has 0 saturated heterocycles. The standard InChI is InChI=1S/2C25H20ClN3O6S.Ca/c2*1-14-11-12-19(21(26)24(14)36(32,33)34)28-29-22-16-8-4-3-7-15(16)13-17(23(22)30)25(31)27-18-9-5-6-10-20(18)35-2;/h2*3-13,30H,1-2H3,(H,27,31)(H,32,33,34);/q;;+2/p-2. The van der Waals surface area contributed by atoms with Gasteiger partial charge in [-0.05, 0) is 95.7 Å². The van der Waals surface area contributed by atoms with E-state index in [2.05, 4.69) is 30.8 Å². The topological polar surface area (TPSA) is 284 Å². The first kappa shape index (κ1) is 55.6. The van der Waals surface area contributed by atoms with Gasteiger partial charge < -0.3 is 30.1 Å². The molecule has 73 heavy (non-hydrogen) atoms. The fourth-order valence-corrected chi connectivity index (χ4v) is 9.97. The van der Waals surface area contributed by atoms with Crippen LogP contribution in [-0.4, -0.2) is 94.8 Å². The quantitative estimate of drug-likeness (QED) is 0.0292. The first-order valence-corrected chi connectivity index (χ1v) is 24.5. The second-order valence-corrected chi connectivity index (χ2v) is 18.8. The van der Waals surface area contributed by atoms with E-state index in [-0.39, 0.29) is 98.5 Å². The van der Waals surface area contributed by atoms with Crippen LogP contribution in [0.1, 0.15) is 27.0 Å². The third kappa shape index (κ3) is 12.4. The second kappa shape index (κ2) is 23.4. The largest absolute Gasteiger partial charge is 2.00 e. The number of nitrogens with zero attached hydrogens (tertiary/aromatic N) is 5. The van der Waals surface area contributed by atoms with E-state index in [1.54, 1.807) is 97.1 Å². The van der Waals surface area contributed by atoms with Crippen LogP contribution >= 0.6 is 23.2 Å². The van der Waals surface area contributed by atoms with Crippen molar-refractivity contribution in [3.63, 3.8) is 0 Å². The summed E-state index contributed by atoms with van der Waals surface area (Å²) in [7, 11) is -6.33. The van der Waals surface area contributed by atoms with Crippen molar-refractivity contribution in [3.8, 4) is 23.0 Å². The van der Waals surface area contributed by atoms with Gasteiger partial charge in [0.2, 0.25) is 0 Å². The Morgan fingerprint density at radius 2 is 1.05 bits per heavy atom. The number of ether oxygens (including phenoxy) is 2. The summed E-state index contributed by atoms with van der Waals surface area (Å²) in [5.74, 6) is -1.77. The second-order valence-electron chi connectivity index (χ2n) is 15.3. The van der Waals surface area contributed by atoms with E-state index in [9.17, 15) is 46.1 Å². The molecule has 0 fully saturated rings. The van der Waals surface area contributed by atoms with Crippen molar-refractivity contribution < 1.29 is 55.5 Å². The molecule has 8 rings (SSSR count). The van der Waals surface area contributed by atoms with Crippen LogP contribution in [0.15, 0.2) is 169 Å². The number of anilines is 1. The van der Waals surface area contributed by atoms with Crippen LogP contribution in [0.2, 0.25) is 10.0 Å². The minimum absolute atomic E-state index is 0. The monoisotopic (exact) mass is 1090 g/mol. The number of fused-ring (bicyclic) bond motifs is 2. The fraction of sp³-hybridized carbons (Fsp3) is 0.0800. The Kier molecular flexibility index (Phi) is 17.8. The molecule has 0 saturated carbocycles. The Hall–Kier alpha value is -6.72. The van der Waals surface area contributed by atoms with Crippen molar-refractivity contribution in [3.05, 3.63) is 166 Å². The third-order valence-corrected chi connectivity index (χ3v) is 13.8. The number of phenols is 1. The van der Waals surface area contributed by atoms with Crippen molar-refractivity contribution >= 4 is 149 Å². The Morgan fingerprint density at radius 3 is 1.59 bits per heavy atom. The molecule has 0 aliphatic carbocycles. The van der Waals surface area contributed by atoms with Gasteiger partial charge in [-0.25, -0.2) is 0 Å². The molecule has 0 bridgehead atoms. The molecule has 0 radical (unpaired) electrons. The summed E-state index contributed by atoms with van der Waals surface area (Å²) in [6, 6.07) is 35.7. The summed E-state index contributed by atoms with van der Waals surface area (Å²) in [6.45, 7) is 2.93. The first-order chi connectivity index (χ1) is 34.2. The van der Waals surface area contributed by atoms with Crippen LogP contribution in [0, 0.1) is 13.8 Å². The van der Waals surface area contributed by atoms with Gasteiger partial charge in [0.05, 0.1) is 41.2 Å². The number of hydrogen-bond donors (Lipinski definition) is 4. The molecule has 0 spiro atoms. The van der Waals surface area contributed by atoms with Gasteiger partial charge in [0.25, 0.3) is 26.1 Å². The predicted octanol–water partition coefficient (Wildman–Crippen LogP) is 11.0. The van der Waals surface area contributed by atoms with E-state index < -0.39 is 53.3 Å². The normalized spacial score (nSPS) is 11.9. The number of aliphatic imine (C=N–C) groups is 1. The molecule has 0 aromatic heterocycles. The van der Waals surface area contributed by atoms with Crippen LogP contribution in [-0.2, 0) is 20.2 Å². The molecule has 0 atom stereocenters. The molecular formula is C50H38CaCl2N6O12S2. The zero-order valence-corrected chi connectivity index (χ0v) is 44.1. The van der Waals surface area contributed by atoms with Crippen LogP contribution < -0.4 is 25.0 Å². The number of aryl methyl sites for hydroxylation is 2. The van der Waals surface area contributed by atoms with E-state index in [1.807, 2.05) is 0 Å². The van der Waals surface area contributed by atoms with Gasteiger partial charge in [-0.15, -0.1) is 15.3 Å². The first-order valence-electron chi connectivity index (χ1n) is 20.9. The summed E-state index contributed by atoms with van der Waals surface area (Å²) >= 11 is 12.4. The molecule has 0 unspecified atom stereocenters. The number of hydrogen-bond acceptors (Lipinski definition) is 15. The fourth-order valence-electron chi connectivity index (χ4n) is 7.27. The predicted molar refractivity (Wildman–Crippen MR) is 275 cm³/mol. The molecule has 0 aliphatic heterocycles. The van der Waals surface area contributed by atoms with Gasteiger partial charge in [0.15, 0.2) is 5.75 Å². The van der Waals surface area contributed by atoms with E-state index in [0.29, 0.717) is 38.7 Å². The average molecular weight is 1090 g/mol. The number of rotatable bonds is 12. The number of amides is 1. The maximum atomic E-state index is 13.3. The molecule has 0 heterocycles.